The van der Waals surface area contributed by atoms with E-state index in [4.69, 9.17) is 14.2 Å². The van der Waals surface area contributed by atoms with Gasteiger partial charge in [-0.3, -0.25) is 4.79 Å². The first-order valence-electron chi connectivity index (χ1n) is 12.7. The van der Waals surface area contributed by atoms with Crippen LogP contribution in [-0.4, -0.2) is 19.1 Å². The van der Waals surface area contributed by atoms with E-state index in [9.17, 15) is 10.1 Å². The summed E-state index contributed by atoms with van der Waals surface area (Å²) in [4.78, 5) is 12.8. The number of carbonyl (C=O) groups excluding carboxylic acids is 1. The van der Waals surface area contributed by atoms with Crippen molar-refractivity contribution in [2.24, 2.45) is 0 Å². The smallest absolute Gasteiger partial charge is 0.266 e. The van der Waals surface area contributed by atoms with Gasteiger partial charge >= 0.3 is 0 Å². The van der Waals surface area contributed by atoms with Crippen LogP contribution in [0.3, 0.4) is 0 Å². The van der Waals surface area contributed by atoms with Gasteiger partial charge in [-0.15, -0.1) is 0 Å². The van der Waals surface area contributed by atoms with Crippen LogP contribution in [0, 0.1) is 21.8 Å². The molecule has 0 heterocycles. The first-order chi connectivity index (χ1) is 18.9. The summed E-state index contributed by atoms with van der Waals surface area (Å²) < 4.78 is 18.5. The maximum Gasteiger partial charge on any atom is 0.266 e. The Morgan fingerprint density at radius 3 is 2.44 bits per heavy atom. The predicted octanol–water partition coefficient (Wildman–Crippen LogP) is 7.67. The lowest BCUT2D eigenvalue weighted by Gasteiger charge is -2.17. The lowest BCUT2D eigenvalue weighted by Crippen LogP contribution is -2.13. The molecule has 39 heavy (non-hydrogen) atoms. The van der Waals surface area contributed by atoms with Crippen LogP contribution in [0.2, 0.25) is 0 Å². The number of hydrogen-bond donors (Lipinski definition) is 1. The van der Waals surface area contributed by atoms with Crippen molar-refractivity contribution in [3.63, 3.8) is 0 Å². The number of anilines is 1. The Hall–Kier alpha value is -4.03. The molecule has 198 valence electrons. The average Bonchev–Trinajstić information content (AvgIpc) is 2.93. The molecule has 7 heteroatoms. The Balaban J connectivity index is 1.57. The summed E-state index contributed by atoms with van der Waals surface area (Å²) in [6, 6.07) is 25.1. The van der Waals surface area contributed by atoms with Crippen molar-refractivity contribution in [3.05, 3.63) is 98.6 Å². The topological polar surface area (TPSA) is 80.6 Å². The molecule has 0 radical (unpaired) electrons. The van der Waals surface area contributed by atoms with Gasteiger partial charge in [-0.25, -0.2) is 0 Å². The largest absolute Gasteiger partial charge is 0.494 e. The lowest BCUT2D eigenvalue weighted by molar-refractivity contribution is -0.112. The van der Waals surface area contributed by atoms with E-state index in [1.54, 1.807) is 36.4 Å². The Labute approximate surface area is 242 Å². The fourth-order valence-corrected chi connectivity index (χ4v) is 4.95. The number of ether oxygens (including phenoxy) is 3. The minimum Gasteiger partial charge on any atom is -0.494 e. The van der Waals surface area contributed by atoms with E-state index >= 15 is 0 Å². The monoisotopic (exact) mass is 632 g/mol. The SMILES string of the molecule is CCOc1ccc(NC(=O)/C(C#N)=C/c2cc(I)c(OCc3c(C)ccc4ccccc34)c(OCC)c2)cc1. The van der Waals surface area contributed by atoms with Crippen molar-refractivity contribution in [3.8, 4) is 23.3 Å². The minimum absolute atomic E-state index is 0.0258. The molecule has 4 aromatic carbocycles. The molecule has 1 amide bonds. The summed E-state index contributed by atoms with van der Waals surface area (Å²) in [6.45, 7) is 7.27. The van der Waals surface area contributed by atoms with E-state index in [1.807, 2.05) is 38.1 Å². The van der Waals surface area contributed by atoms with E-state index in [0.717, 1.165) is 25.5 Å². The molecule has 0 fully saturated rings. The second-order valence-corrected chi connectivity index (χ2v) is 9.88. The molecule has 0 unspecified atom stereocenters. The van der Waals surface area contributed by atoms with E-state index < -0.39 is 5.91 Å². The molecule has 0 saturated heterocycles. The van der Waals surface area contributed by atoms with E-state index in [1.165, 1.54) is 0 Å². The van der Waals surface area contributed by atoms with Crippen LogP contribution in [0.15, 0.2) is 78.4 Å². The number of halogens is 1. The third-order valence-electron chi connectivity index (χ3n) is 6.07. The minimum atomic E-state index is -0.499. The summed E-state index contributed by atoms with van der Waals surface area (Å²) in [5, 5.41) is 14.8. The molecule has 0 bridgehead atoms. The van der Waals surface area contributed by atoms with Gasteiger partial charge in [-0.1, -0.05) is 36.4 Å². The maximum absolute atomic E-state index is 12.8. The quantitative estimate of drug-likeness (QED) is 0.110. The number of rotatable bonds is 10. The highest BCUT2D eigenvalue weighted by Crippen LogP contribution is 2.36. The van der Waals surface area contributed by atoms with Gasteiger partial charge in [0.2, 0.25) is 0 Å². The number of nitrogens with zero attached hydrogens (tertiary/aromatic N) is 1. The predicted molar refractivity (Wildman–Crippen MR) is 163 cm³/mol. The fourth-order valence-electron chi connectivity index (χ4n) is 4.17. The normalized spacial score (nSPS) is 11.1. The van der Waals surface area contributed by atoms with Gasteiger partial charge in [0, 0.05) is 11.3 Å². The molecular formula is C32H29IN2O4. The maximum atomic E-state index is 12.8. The molecule has 0 aromatic heterocycles. The average molecular weight is 632 g/mol. The van der Waals surface area contributed by atoms with Crippen LogP contribution in [0.5, 0.6) is 17.2 Å². The zero-order valence-electron chi connectivity index (χ0n) is 22.1. The Bertz CT molecular complexity index is 1560. The molecule has 0 atom stereocenters. The second kappa shape index (κ2) is 13.2. The van der Waals surface area contributed by atoms with Crippen LogP contribution in [0.25, 0.3) is 16.8 Å². The number of amides is 1. The molecule has 0 aliphatic heterocycles. The number of fused-ring (bicyclic) bond motifs is 1. The van der Waals surface area contributed by atoms with Gasteiger partial charge in [0.25, 0.3) is 5.91 Å². The van der Waals surface area contributed by atoms with Gasteiger partial charge in [-0.2, -0.15) is 5.26 Å². The Morgan fingerprint density at radius 2 is 1.72 bits per heavy atom. The fraction of sp³-hybridized carbons (Fsp3) is 0.188. The van der Waals surface area contributed by atoms with Crippen molar-refractivity contribution in [2.75, 3.05) is 18.5 Å². The first-order valence-corrected chi connectivity index (χ1v) is 13.7. The summed E-state index contributed by atoms with van der Waals surface area (Å²) in [7, 11) is 0. The van der Waals surface area contributed by atoms with Crippen LogP contribution >= 0.6 is 22.6 Å². The highest BCUT2D eigenvalue weighted by molar-refractivity contribution is 14.1. The molecular weight excluding hydrogens is 603 g/mol. The molecule has 0 aliphatic rings. The van der Waals surface area contributed by atoms with Crippen LogP contribution in [0.1, 0.15) is 30.5 Å². The summed E-state index contributed by atoms with van der Waals surface area (Å²) in [5.74, 6) is 1.39. The summed E-state index contributed by atoms with van der Waals surface area (Å²) in [6.07, 6.45) is 1.55. The second-order valence-electron chi connectivity index (χ2n) is 8.72. The van der Waals surface area contributed by atoms with E-state index in [-0.39, 0.29) is 5.57 Å². The molecule has 6 nitrogen and oxygen atoms in total. The van der Waals surface area contributed by atoms with E-state index in [0.29, 0.717) is 48.3 Å². The number of nitrogens with one attached hydrogen (secondary N) is 1. The van der Waals surface area contributed by atoms with Crippen LogP contribution in [-0.2, 0) is 11.4 Å². The first kappa shape index (κ1) is 28.0. The summed E-state index contributed by atoms with van der Waals surface area (Å²) >= 11 is 2.20. The van der Waals surface area contributed by atoms with Crippen molar-refractivity contribution in [1.29, 1.82) is 5.26 Å². The van der Waals surface area contributed by atoms with Gasteiger partial charge in [0.15, 0.2) is 11.5 Å². The van der Waals surface area contributed by atoms with Crippen LogP contribution < -0.4 is 19.5 Å². The van der Waals surface area contributed by atoms with Crippen molar-refractivity contribution in [2.45, 2.75) is 27.4 Å². The number of carbonyl (C=O) groups is 1. The molecule has 0 saturated carbocycles. The van der Waals surface area contributed by atoms with Crippen molar-refractivity contribution in [1.82, 2.24) is 0 Å². The van der Waals surface area contributed by atoms with Gasteiger partial charge in [-0.05, 0) is 108 Å². The molecule has 0 aliphatic carbocycles. The van der Waals surface area contributed by atoms with E-state index in [2.05, 4.69) is 59.1 Å². The third kappa shape index (κ3) is 6.89. The van der Waals surface area contributed by atoms with Crippen LogP contribution in [0.4, 0.5) is 5.69 Å². The molecule has 1 N–H and O–H groups in total. The van der Waals surface area contributed by atoms with Crippen molar-refractivity contribution < 1.29 is 19.0 Å². The Kier molecular flexibility index (Phi) is 9.45. The number of hydrogen-bond acceptors (Lipinski definition) is 5. The van der Waals surface area contributed by atoms with Gasteiger partial charge in [0.1, 0.15) is 24.0 Å². The number of nitriles is 1. The number of aryl methyl sites for hydroxylation is 1. The Morgan fingerprint density at radius 1 is 0.974 bits per heavy atom. The van der Waals surface area contributed by atoms with Gasteiger partial charge < -0.3 is 19.5 Å². The molecule has 4 aromatic rings. The zero-order chi connectivity index (χ0) is 27.8. The highest BCUT2D eigenvalue weighted by Gasteiger charge is 2.16. The molecule has 4 rings (SSSR count). The van der Waals surface area contributed by atoms with Gasteiger partial charge in [0.05, 0.1) is 16.8 Å². The standard InChI is InChI=1S/C32H29IN2O4/c1-4-37-26-14-12-25(13-15-26)35-32(36)24(19-34)16-22-17-29(33)31(30(18-22)38-5-2)39-20-28-21(3)10-11-23-8-6-7-9-27(23)28/h6-18H,4-5,20H2,1-3H3,(H,35,36)/b24-16+. The zero-order valence-corrected chi connectivity index (χ0v) is 24.2. The van der Waals surface area contributed by atoms with Crippen molar-refractivity contribution >= 4 is 51.0 Å². The third-order valence-corrected chi connectivity index (χ3v) is 6.87. The molecule has 0 spiro atoms. The summed E-state index contributed by atoms with van der Waals surface area (Å²) in [5.41, 5.74) is 3.48. The lowest BCUT2D eigenvalue weighted by atomic mass is 10.0. The number of benzene rings is 4. The highest BCUT2D eigenvalue weighted by atomic mass is 127.